The molecule has 4 rings (SSSR count). The Morgan fingerprint density at radius 3 is 2.74 bits per heavy atom. The molecule has 7 heteroatoms. The Labute approximate surface area is 165 Å². The number of amides is 1. The van der Waals surface area contributed by atoms with Gasteiger partial charge >= 0.3 is 0 Å². The lowest BCUT2D eigenvalue weighted by atomic mass is 10.3. The molecule has 2 aromatic heterocycles. The summed E-state index contributed by atoms with van der Waals surface area (Å²) in [4.78, 5) is 17.6. The van der Waals surface area contributed by atoms with E-state index in [1.54, 1.807) is 12.1 Å². The van der Waals surface area contributed by atoms with E-state index in [4.69, 9.17) is 16.3 Å². The van der Waals surface area contributed by atoms with E-state index in [1.807, 2.05) is 58.5 Å². The van der Waals surface area contributed by atoms with Crippen LogP contribution in [0.3, 0.4) is 0 Å². The second-order valence-electron chi connectivity index (χ2n) is 5.79. The number of imidazole rings is 1. The lowest BCUT2D eigenvalue weighted by Crippen LogP contribution is -2.17. The van der Waals surface area contributed by atoms with Gasteiger partial charge in [0.15, 0.2) is 0 Å². The fraction of sp³-hybridized carbons (Fsp3) is 0.100. The molecule has 0 unspecified atom stereocenters. The van der Waals surface area contributed by atoms with Gasteiger partial charge in [-0.15, -0.1) is 11.3 Å². The highest BCUT2D eigenvalue weighted by atomic mass is 35.5. The molecule has 0 saturated heterocycles. The van der Waals surface area contributed by atoms with E-state index < -0.39 is 0 Å². The molecule has 0 saturated carbocycles. The molecule has 0 aliphatic heterocycles. The number of halogens is 1. The second-order valence-corrected chi connectivity index (χ2v) is 7.14. The maximum absolute atomic E-state index is 12.4. The number of benzene rings is 2. The van der Waals surface area contributed by atoms with Gasteiger partial charge in [0, 0.05) is 0 Å². The van der Waals surface area contributed by atoms with Crippen molar-refractivity contribution in [1.82, 2.24) is 9.55 Å². The Balaban J connectivity index is 1.56. The first-order chi connectivity index (χ1) is 13.2. The molecule has 136 valence electrons. The standard InChI is InChI=1S/C20H16ClN3O2S/c21-14-6-1-4-9-17(14)26-12-11-24-16-8-3-2-7-15(16)22-20(24)23-19(25)18-10-5-13-27-18/h1-10,13H,11-12H2,(H,22,23,25). The van der Waals surface area contributed by atoms with Crippen LogP contribution in [-0.2, 0) is 6.54 Å². The molecule has 2 aromatic carbocycles. The summed E-state index contributed by atoms with van der Waals surface area (Å²) in [5.74, 6) is 0.957. The van der Waals surface area contributed by atoms with E-state index in [2.05, 4.69) is 10.3 Å². The minimum atomic E-state index is -0.173. The van der Waals surface area contributed by atoms with Crippen molar-refractivity contribution in [2.45, 2.75) is 6.54 Å². The third-order valence-corrected chi connectivity index (χ3v) is 5.21. The van der Waals surface area contributed by atoms with Gasteiger partial charge in [0.05, 0.1) is 27.5 Å². The van der Waals surface area contributed by atoms with Crippen LogP contribution in [0.2, 0.25) is 5.02 Å². The van der Waals surface area contributed by atoms with Crippen molar-refractivity contribution in [3.63, 3.8) is 0 Å². The number of anilines is 1. The maximum Gasteiger partial charge on any atom is 0.268 e. The summed E-state index contributed by atoms with van der Waals surface area (Å²) in [6.45, 7) is 0.914. The van der Waals surface area contributed by atoms with Crippen LogP contribution in [-0.4, -0.2) is 22.1 Å². The molecule has 1 N–H and O–H groups in total. The van der Waals surface area contributed by atoms with Gasteiger partial charge in [-0.1, -0.05) is 41.9 Å². The number of ether oxygens (including phenoxy) is 1. The first kappa shape index (κ1) is 17.6. The lowest BCUT2D eigenvalue weighted by Gasteiger charge is -2.12. The van der Waals surface area contributed by atoms with Gasteiger partial charge in [0.1, 0.15) is 12.4 Å². The predicted octanol–water partition coefficient (Wildman–Crippen LogP) is 5.08. The number of rotatable bonds is 6. The molecule has 0 aliphatic carbocycles. The van der Waals surface area contributed by atoms with Crippen molar-refractivity contribution in [2.75, 3.05) is 11.9 Å². The number of para-hydroxylation sites is 3. The quantitative estimate of drug-likeness (QED) is 0.493. The Hall–Kier alpha value is -2.83. The highest BCUT2D eigenvalue weighted by molar-refractivity contribution is 7.12. The van der Waals surface area contributed by atoms with Crippen molar-refractivity contribution >= 4 is 45.8 Å². The Morgan fingerprint density at radius 1 is 1.11 bits per heavy atom. The minimum Gasteiger partial charge on any atom is -0.490 e. The molecule has 4 aromatic rings. The zero-order valence-corrected chi connectivity index (χ0v) is 15.8. The summed E-state index contributed by atoms with van der Waals surface area (Å²) in [5.41, 5.74) is 1.75. The fourth-order valence-corrected chi connectivity index (χ4v) is 3.59. The Kier molecular flexibility index (Phi) is 5.09. The van der Waals surface area contributed by atoms with E-state index in [0.29, 0.717) is 34.7 Å². The van der Waals surface area contributed by atoms with Crippen LogP contribution in [0.15, 0.2) is 66.0 Å². The Bertz CT molecular complexity index is 1080. The highest BCUT2D eigenvalue weighted by Gasteiger charge is 2.15. The third-order valence-electron chi connectivity index (χ3n) is 4.03. The van der Waals surface area contributed by atoms with Crippen LogP contribution < -0.4 is 10.1 Å². The van der Waals surface area contributed by atoms with Crippen LogP contribution in [0.1, 0.15) is 9.67 Å². The van der Waals surface area contributed by atoms with Crippen molar-refractivity contribution in [2.24, 2.45) is 0 Å². The number of nitrogens with one attached hydrogen (secondary N) is 1. The number of fused-ring (bicyclic) bond motifs is 1. The van der Waals surface area contributed by atoms with Gasteiger partial charge in [-0.05, 0) is 35.7 Å². The largest absolute Gasteiger partial charge is 0.490 e. The smallest absolute Gasteiger partial charge is 0.268 e. The van der Waals surface area contributed by atoms with Crippen LogP contribution in [0, 0.1) is 0 Å². The maximum atomic E-state index is 12.4. The average Bonchev–Trinajstić information content (AvgIpc) is 3.32. The van der Waals surface area contributed by atoms with Gasteiger partial charge in [-0.25, -0.2) is 4.98 Å². The zero-order valence-electron chi connectivity index (χ0n) is 14.3. The highest BCUT2D eigenvalue weighted by Crippen LogP contribution is 2.24. The second kappa shape index (κ2) is 7.82. The third kappa shape index (κ3) is 3.82. The molecule has 0 fully saturated rings. The van der Waals surface area contributed by atoms with E-state index in [0.717, 1.165) is 11.0 Å². The van der Waals surface area contributed by atoms with Gasteiger partial charge in [0.25, 0.3) is 5.91 Å². The predicted molar refractivity (Wildman–Crippen MR) is 109 cm³/mol. The van der Waals surface area contributed by atoms with Crippen molar-refractivity contribution in [1.29, 1.82) is 0 Å². The van der Waals surface area contributed by atoms with Crippen LogP contribution in [0.25, 0.3) is 11.0 Å². The van der Waals surface area contributed by atoms with Crippen LogP contribution in [0.5, 0.6) is 5.75 Å². The number of nitrogens with zero attached hydrogens (tertiary/aromatic N) is 2. The first-order valence-corrected chi connectivity index (χ1v) is 9.65. The number of carbonyl (C=O) groups is 1. The summed E-state index contributed by atoms with van der Waals surface area (Å²) in [6, 6.07) is 18.7. The average molecular weight is 398 g/mol. The minimum absolute atomic E-state index is 0.173. The van der Waals surface area contributed by atoms with Crippen LogP contribution in [0.4, 0.5) is 5.95 Å². The van der Waals surface area contributed by atoms with Gasteiger partial charge in [0.2, 0.25) is 5.95 Å². The normalized spacial score (nSPS) is 10.9. The monoisotopic (exact) mass is 397 g/mol. The molecular weight excluding hydrogens is 382 g/mol. The molecule has 0 spiro atoms. The van der Waals surface area contributed by atoms with E-state index in [9.17, 15) is 4.79 Å². The van der Waals surface area contributed by atoms with E-state index in [1.165, 1.54) is 11.3 Å². The number of carbonyl (C=O) groups excluding carboxylic acids is 1. The first-order valence-electron chi connectivity index (χ1n) is 8.40. The number of thiophene rings is 1. The summed E-state index contributed by atoms with van der Waals surface area (Å²) in [5, 5.41) is 5.34. The summed E-state index contributed by atoms with van der Waals surface area (Å²) >= 11 is 7.53. The van der Waals surface area contributed by atoms with Crippen LogP contribution >= 0.6 is 22.9 Å². The molecule has 2 heterocycles. The molecule has 0 aliphatic rings. The topological polar surface area (TPSA) is 56.2 Å². The summed E-state index contributed by atoms with van der Waals surface area (Å²) in [7, 11) is 0. The number of aromatic nitrogens is 2. The molecule has 0 atom stereocenters. The molecule has 5 nitrogen and oxygen atoms in total. The number of hydrogen-bond acceptors (Lipinski definition) is 4. The van der Waals surface area contributed by atoms with Gasteiger partial charge < -0.3 is 9.30 Å². The van der Waals surface area contributed by atoms with Gasteiger partial charge in [-0.3, -0.25) is 10.1 Å². The summed E-state index contributed by atoms with van der Waals surface area (Å²) < 4.78 is 7.74. The van der Waals surface area contributed by atoms with Crippen molar-refractivity contribution in [3.05, 3.63) is 75.9 Å². The molecule has 1 amide bonds. The molecular formula is C20H16ClN3O2S. The van der Waals surface area contributed by atoms with E-state index >= 15 is 0 Å². The summed E-state index contributed by atoms with van der Waals surface area (Å²) in [6.07, 6.45) is 0. The number of hydrogen-bond donors (Lipinski definition) is 1. The van der Waals surface area contributed by atoms with E-state index in [-0.39, 0.29) is 5.91 Å². The van der Waals surface area contributed by atoms with Crippen molar-refractivity contribution < 1.29 is 9.53 Å². The zero-order chi connectivity index (χ0) is 18.6. The molecule has 0 bridgehead atoms. The van der Waals surface area contributed by atoms with Crippen molar-refractivity contribution in [3.8, 4) is 5.75 Å². The Morgan fingerprint density at radius 2 is 1.93 bits per heavy atom. The lowest BCUT2D eigenvalue weighted by molar-refractivity contribution is 0.102. The fourth-order valence-electron chi connectivity index (χ4n) is 2.78. The SMILES string of the molecule is O=C(Nc1nc2ccccc2n1CCOc1ccccc1Cl)c1cccs1. The molecule has 27 heavy (non-hydrogen) atoms. The molecule has 0 radical (unpaired) electrons. The van der Waals surface area contributed by atoms with Gasteiger partial charge in [-0.2, -0.15) is 0 Å².